The molecule has 9 heteroatoms. The number of nitro benzene ring substituents is 1. The third-order valence-corrected chi connectivity index (χ3v) is 3.60. The fourth-order valence-electron chi connectivity index (χ4n) is 1.91. The number of nitrogens with zero attached hydrogens (tertiary/aromatic N) is 2. The zero-order valence-corrected chi connectivity index (χ0v) is 14.7. The number of hydrogen-bond donors (Lipinski definition) is 2. The van der Waals surface area contributed by atoms with Crippen LogP contribution in [0.4, 0.5) is 5.69 Å². The smallest absolute Gasteiger partial charge is 0.274 e. The van der Waals surface area contributed by atoms with Crippen molar-refractivity contribution in [1.82, 2.24) is 5.43 Å². The summed E-state index contributed by atoms with van der Waals surface area (Å²) < 4.78 is 6.00. The van der Waals surface area contributed by atoms with E-state index >= 15 is 0 Å². The predicted molar refractivity (Wildman–Crippen MR) is 95.1 cm³/mol. The molecule has 0 fully saturated rings. The molecule has 0 aliphatic rings. The van der Waals surface area contributed by atoms with Gasteiger partial charge in [0.25, 0.3) is 11.6 Å². The highest BCUT2D eigenvalue weighted by atomic mass is 79.9. The second-order valence-electron chi connectivity index (χ2n) is 4.78. The van der Waals surface area contributed by atoms with E-state index in [0.29, 0.717) is 5.56 Å². The first kappa shape index (κ1) is 18.4. The SMILES string of the molecule is CCOc1cc([N+](=O)[O-])cc(/C=N\NC(=O)c2ccc(Br)cc2)c1O. The molecule has 0 aliphatic heterocycles. The number of carbonyl (C=O) groups is 1. The zero-order valence-electron chi connectivity index (χ0n) is 13.1. The van der Waals surface area contributed by atoms with Crippen LogP contribution in [0.25, 0.3) is 0 Å². The average Bonchev–Trinajstić information content (AvgIpc) is 2.58. The quantitative estimate of drug-likeness (QED) is 0.433. The second kappa shape index (κ2) is 8.25. The van der Waals surface area contributed by atoms with Crippen molar-refractivity contribution in [3.63, 3.8) is 0 Å². The molecule has 2 aromatic rings. The van der Waals surface area contributed by atoms with Gasteiger partial charge in [-0.2, -0.15) is 5.10 Å². The lowest BCUT2D eigenvalue weighted by molar-refractivity contribution is -0.385. The summed E-state index contributed by atoms with van der Waals surface area (Å²) in [5.74, 6) is -0.787. The number of phenolic OH excluding ortho intramolecular Hbond substituents is 1. The lowest BCUT2D eigenvalue weighted by Gasteiger charge is -2.08. The molecule has 0 radical (unpaired) electrons. The summed E-state index contributed by atoms with van der Waals surface area (Å²) in [6, 6.07) is 8.88. The van der Waals surface area contributed by atoms with Crippen molar-refractivity contribution < 1.29 is 19.6 Å². The first-order chi connectivity index (χ1) is 11.9. The Morgan fingerprint density at radius 2 is 2.08 bits per heavy atom. The van der Waals surface area contributed by atoms with E-state index in [2.05, 4.69) is 26.5 Å². The van der Waals surface area contributed by atoms with Gasteiger partial charge in [0, 0.05) is 21.7 Å². The van der Waals surface area contributed by atoms with Crippen LogP contribution >= 0.6 is 15.9 Å². The summed E-state index contributed by atoms with van der Waals surface area (Å²) >= 11 is 3.27. The van der Waals surface area contributed by atoms with Crippen molar-refractivity contribution in [1.29, 1.82) is 0 Å². The Labute approximate surface area is 151 Å². The van der Waals surface area contributed by atoms with Crippen LogP contribution in [0, 0.1) is 10.1 Å². The largest absolute Gasteiger partial charge is 0.504 e. The van der Waals surface area contributed by atoms with E-state index in [-0.39, 0.29) is 29.4 Å². The van der Waals surface area contributed by atoms with Crippen molar-refractivity contribution in [3.8, 4) is 11.5 Å². The van der Waals surface area contributed by atoms with Crippen LogP contribution in [0.15, 0.2) is 46.0 Å². The fourth-order valence-corrected chi connectivity index (χ4v) is 2.17. The van der Waals surface area contributed by atoms with Crippen LogP contribution in [0.2, 0.25) is 0 Å². The summed E-state index contributed by atoms with van der Waals surface area (Å²) in [7, 11) is 0. The standard InChI is InChI=1S/C16H14BrN3O5/c1-2-25-14-8-13(20(23)24)7-11(15(14)21)9-18-19-16(22)10-3-5-12(17)6-4-10/h3-9,21H,2H2,1H3,(H,19,22)/b18-9-. The van der Waals surface area contributed by atoms with Crippen molar-refractivity contribution >= 4 is 33.7 Å². The van der Waals surface area contributed by atoms with Crippen LogP contribution < -0.4 is 10.2 Å². The van der Waals surface area contributed by atoms with Gasteiger partial charge in [0.2, 0.25) is 0 Å². The molecule has 1 amide bonds. The Kier molecular flexibility index (Phi) is 6.07. The molecular weight excluding hydrogens is 394 g/mol. The number of ether oxygens (including phenoxy) is 1. The first-order valence-corrected chi connectivity index (χ1v) is 7.94. The van der Waals surface area contributed by atoms with Crippen LogP contribution in [-0.2, 0) is 0 Å². The fraction of sp³-hybridized carbons (Fsp3) is 0.125. The van der Waals surface area contributed by atoms with E-state index in [4.69, 9.17) is 4.74 Å². The van der Waals surface area contributed by atoms with E-state index in [1.165, 1.54) is 0 Å². The summed E-state index contributed by atoms with van der Waals surface area (Å²) in [5, 5.41) is 24.8. The number of rotatable bonds is 6. The molecular formula is C16H14BrN3O5. The molecule has 25 heavy (non-hydrogen) atoms. The maximum atomic E-state index is 11.9. The number of nitro groups is 1. The summed E-state index contributed by atoms with van der Waals surface area (Å²) in [4.78, 5) is 22.3. The molecule has 0 spiro atoms. The highest BCUT2D eigenvalue weighted by Crippen LogP contribution is 2.33. The number of nitrogens with one attached hydrogen (secondary N) is 1. The van der Waals surface area contributed by atoms with E-state index in [1.807, 2.05) is 0 Å². The molecule has 0 bridgehead atoms. The molecule has 2 aromatic carbocycles. The minimum Gasteiger partial charge on any atom is -0.504 e. The van der Waals surface area contributed by atoms with Crippen LogP contribution in [0.1, 0.15) is 22.8 Å². The molecule has 0 saturated carbocycles. The Morgan fingerprint density at radius 1 is 1.40 bits per heavy atom. The predicted octanol–water partition coefficient (Wildman–Crippen LogP) is 3.23. The Hall–Kier alpha value is -2.94. The maximum absolute atomic E-state index is 11.9. The number of benzene rings is 2. The molecule has 0 saturated heterocycles. The van der Waals surface area contributed by atoms with Crippen molar-refractivity contribution in [3.05, 3.63) is 62.1 Å². The second-order valence-corrected chi connectivity index (χ2v) is 5.69. The third-order valence-electron chi connectivity index (χ3n) is 3.08. The molecule has 0 aliphatic carbocycles. The Bertz CT molecular complexity index is 821. The number of hydrogen-bond acceptors (Lipinski definition) is 6. The van der Waals surface area contributed by atoms with Gasteiger partial charge in [-0.1, -0.05) is 15.9 Å². The normalized spacial score (nSPS) is 10.6. The minimum atomic E-state index is -0.611. The molecule has 0 aromatic heterocycles. The van der Waals surface area contributed by atoms with Gasteiger partial charge in [0.15, 0.2) is 11.5 Å². The summed E-state index contributed by atoms with van der Waals surface area (Å²) in [6.07, 6.45) is 1.11. The topological polar surface area (TPSA) is 114 Å². The van der Waals surface area contributed by atoms with Crippen molar-refractivity contribution in [2.24, 2.45) is 5.10 Å². The monoisotopic (exact) mass is 407 g/mol. The molecule has 130 valence electrons. The minimum absolute atomic E-state index is 0.0302. The lowest BCUT2D eigenvalue weighted by Crippen LogP contribution is -2.17. The number of non-ortho nitro benzene ring substituents is 1. The summed E-state index contributed by atoms with van der Waals surface area (Å²) in [6.45, 7) is 1.91. The lowest BCUT2D eigenvalue weighted by atomic mass is 10.1. The van der Waals surface area contributed by atoms with Crippen LogP contribution in [0.3, 0.4) is 0 Å². The zero-order chi connectivity index (χ0) is 18.4. The van der Waals surface area contributed by atoms with Gasteiger partial charge >= 0.3 is 0 Å². The van der Waals surface area contributed by atoms with E-state index < -0.39 is 10.8 Å². The van der Waals surface area contributed by atoms with Crippen molar-refractivity contribution in [2.75, 3.05) is 6.61 Å². The van der Waals surface area contributed by atoms with Crippen LogP contribution in [-0.4, -0.2) is 28.8 Å². The number of hydrazone groups is 1. The van der Waals surface area contributed by atoms with Gasteiger partial charge in [-0.3, -0.25) is 14.9 Å². The van der Waals surface area contributed by atoms with E-state index in [9.17, 15) is 20.0 Å². The molecule has 8 nitrogen and oxygen atoms in total. The molecule has 0 heterocycles. The highest BCUT2D eigenvalue weighted by molar-refractivity contribution is 9.10. The number of carbonyl (C=O) groups excluding carboxylic acids is 1. The van der Waals surface area contributed by atoms with Gasteiger partial charge in [-0.25, -0.2) is 5.43 Å². The number of phenols is 1. The molecule has 2 N–H and O–H groups in total. The average molecular weight is 408 g/mol. The number of aromatic hydroxyl groups is 1. The van der Waals surface area contributed by atoms with Gasteiger partial charge < -0.3 is 9.84 Å². The highest BCUT2D eigenvalue weighted by Gasteiger charge is 2.16. The van der Waals surface area contributed by atoms with E-state index in [0.717, 1.165) is 22.8 Å². The van der Waals surface area contributed by atoms with Crippen LogP contribution in [0.5, 0.6) is 11.5 Å². The van der Waals surface area contributed by atoms with Crippen molar-refractivity contribution in [2.45, 2.75) is 6.92 Å². The van der Waals surface area contributed by atoms with Gasteiger partial charge in [-0.05, 0) is 31.2 Å². The van der Waals surface area contributed by atoms with Gasteiger partial charge in [-0.15, -0.1) is 0 Å². The third kappa shape index (κ3) is 4.77. The molecule has 2 rings (SSSR count). The first-order valence-electron chi connectivity index (χ1n) is 7.15. The summed E-state index contributed by atoms with van der Waals surface area (Å²) in [5.41, 5.74) is 2.46. The number of amides is 1. The van der Waals surface area contributed by atoms with Gasteiger partial charge in [0.05, 0.1) is 23.8 Å². The molecule has 0 unspecified atom stereocenters. The maximum Gasteiger partial charge on any atom is 0.274 e. The number of halogens is 1. The van der Waals surface area contributed by atoms with Gasteiger partial charge in [0.1, 0.15) is 0 Å². The Morgan fingerprint density at radius 3 is 2.68 bits per heavy atom. The molecule has 0 atom stereocenters. The van der Waals surface area contributed by atoms with E-state index in [1.54, 1.807) is 31.2 Å². The Balaban J connectivity index is 2.20.